The van der Waals surface area contributed by atoms with Gasteiger partial charge in [-0.15, -0.1) is 0 Å². The maximum atomic E-state index is 10.3. The molecule has 0 spiro atoms. The first-order valence-corrected chi connectivity index (χ1v) is 7.20. The van der Waals surface area contributed by atoms with Crippen molar-refractivity contribution in [1.29, 1.82) is 0 Å². The topological polar surface area (TPSA) is 29.5 Å². The maximum absolute atomic E-state index is 10.3. The van der Waals surface area contributed by atoms with Gasteiger partial charge in [0.1, 0.15) is 5.75 Å². The molecule has 2 aromatic rings. The van der Waals surface area contributed by atoms with Crippen LogP contribution in [0.4, 0.5) is 0 Å². The molecule has 3 heteroatoms. The Labute approximate surface area is 121 Å². The third-order valence-corrected chi connectivity index (χ3v) is 3.97. The number of halogens is 1. The fraction of sp³-hybridized carbons (Fsp3) is 0.250. The summed E-state index contributed by atoms with van der Waals surface area (Å²) in [5.74, 6) is 0.958. The van der Waals surface area contributed by atoms with Crippen LogP contribution in [-0.2, 0) is 12.8 Å². The van der Waals surface area contributed by atoms with Crippen LogP contribution < -0.4 is 4.74 Å². The summed E-state index contributed by atoms with van der Waals surface area (Å²) in [6.45, 7) is 0.752. The Balaban J connectivity index is 1.76. The summed E-state index contributed by atoms with van der Waals surface area (Å²) < 4.78 is 6.53. The first-order chi connectivity index (χ1) is 9.22. The van der Waals surface area contributed by atoms with Gasteiger partial charge in [-0.25, -0.2) is 0 Å². The second-order valence-corrected chi connectivity index (χ2v) is 5.73. The lowest BCUT2D eigenvalue weighted by molar-refractivity contribution is 0.178. The van der Waals surface area contributed by atoms with Gasteiger partial charge in [0, 0.05) is 17.3 Å². The van der Waals surface area contributed by atoms with Crippen LogP contribution in [0, 0.1) is 0 Å². The normalized spacial score (nSPS) is 14.8. The Morgan fingerprint density at radius 2 is 1.95 bits per heavy atom. The second-order valence-electron chi connectivity index (χ2n) is 4.81. The van der Waals surface area contributed by atoms with Crippen LogP contribution in [0.3, 0.4) is 0 Å². The lowest BCUT2D eigenvalue weighted by atomic mass is 9.99. The Hall–Kier alpha value is -1.32. The van der Waals surface area contributed by atoms with Crippen LogP contribution in [0.15, 0.2) is 46.9 Å². The maximum Gasteiger partial charge on any atom is 0.122 e. The number of hydrogen-bond acceptors (Lipinski definition) is 2. The predicted octanol–water partition coefficient (Wildman–Crippen LogP) is 3.66. The van der Waals surface area contributed by atoms with Gasteiger partial charge in [0.05, 0.1) is 12.7 Å². The number of ether oxygens (including phenoxy) is 1. The van der Waals surface area contributed by atoms with Gasteiger partial charge in [0.25, 0.3) is 0 Å². The van der Waals surface area contributed by atoms with Crippen LogP contribution in [-0.4, -0.2) is 11.7 Å². The zero-order valence-corrected chi connectivity index (χ0v) is 12.1. The van der Waals surface area contributed by atoms with Gasteiger partial charge < -0.3 is 9.84 Å². The van der Waals surface area contributed by atoms with Crippen LogP contribution in [0.1, 0.15) is 22.8 Å². The molecule has 2 nitrogen and oxygen atoms in total. The minimum absolute atomic E-state index is 0.466. The van der Waals surface area contributed by atoms with E-state index in [2.05, 4.69) is 22.0 Å². The fourth-order valence-corrected chi connectivity index (χ4v) is 2.64. The summed E-state index contributed by atoms with van der Waals surface area (Å²) in [6, 6.07) is 14.0. The fourth-order valence-electron chi connectivity index (χ4n) is 2.38. The molecule has 0 saturated heterocycles. The molecular weight excluding hydrogens is 304 g/mol. The highest BCUT2D eigenvalue weighted by Gasteiger charge is 2.15. The zero-order chi connectivity index (χ0) is 13.2. The molecule has 1 heterocycles. The van der Waals surface area contributed by atoms with E-state index >= 15 is 0 Å². The van der Waals surface area contributed by atoms with Gasteiger partial charge >= 0.3 is 0 Å². The van der Waals surface area contributed by atoms with E-state index in [4.69, 9.17) is 4.74 Å². The molecule has 2 aromatic carbocycles. The molecule has 3 rings (SSSR count). The number of aliphatic hydroxyl groups excluding tert-OH is 1. The quantitative estimate of drug-likeness (QED) is 0.935. The van der Waals surface area contributed by atoms with E-state index in [0.717, 1.165) is 34.4 Å². The van der Waals surface area contributed by atoms with Crippen molar-refractivity contribution in [2.24, 2.45) is 0 Å². The van der Waals surface area contributed by atoms with E-state index in [1.165, 1.54) is 5.56 Å². The predicted molar refractivity (Wildman–Crippen MR) is 78.4 cm³/mol. The molecule has 1 N–H and O–H groups in total. The second kappa shape index (κ2) is 5.35. The Kier molecular flexibility index (Phi) is 3.58. The standard InChI is InChI=1S/C16H15BrO2/c17-14-4-1-11(2-5-14)9-15(18)12-3-6-16-13(10-12)7-8-19-16/h1-6,10,15,18H,7-9H2. The van der Waals surface area contributed by atoms with Gasteiger partial charge in [-0.1, -0.05) is 34.1 Å². The molecule has 1 aliphatic heterocycles. The van der Waals surface area contributed by atoms with Crippen molar-refractivity contribution in [3.8, 4) is 5.75 Å². The minimum atomic E-state index is -0.466. The van der Waals surface area contributed by atoms with E-state index in [1.54, 1.807) is 0 Å². The van der Waals surface area contributed by atoms with E-state index in [0.29, 0.717) is 6.42 Å². The SMILES string of the molecule is OC(Cc1ccc(Br)cc1)c1ccc2c(c1)CCO2. The molecule has 19 heavy (non-hydrogen) atoms. The van der Waals surface area contributed by atoms with Crippen molar-refractivity contribution < 1.29 is 9.84 Å². The number of hydrogen-bond donors (Lipinski definition) is 1. The average molecular weight is 319 g/mol. The van der Waals surface area contributed by atoms with Crippen LogP contribution in [0.25, 0.3) is 0 Å². The Morgan fingerprint density at radius 1 is 1.16 bits per heavy atom. The van der Waals surface area contributed by atoms with Crippen molar-refractivity contribution in [2.75, 3.05) is 6.61 Å². The molecule has 1 atom stereocenters. The number of rotatable bonds is 3. The Bertz CT molecular complexity index is 578. The molecule has 0 aromatic heterocycles. The van der Waals surface area contributed by atoms with Gasteiger partial charge in [-0.3, -0.25) is 0 Å². The average Bonchev–Trinajstić information content (AvgIpc) is 2.88. The zero-order valence-electron chi connectivity index (χ0n) is 10.5. The Morgan fingerprint density at radius 3 is 2.74 bits per heavy atom. The highest BCUT2D eigenvalue weighted by molar-refractivity contribution is 9.10. The summed E-state index contributed by atoms with van der Waals surface area (Å²) >= 11 is 3.41. The molecule has 1 aliphatic rings. The van der Waals surface area contributed by atoms with Crippen LogP contribution in [0.5, 0.6) is 5.75 Å². The number of aliphatic hydroxyl groups is 1. The summed E-state index contributed by atoms with van der Waals surface area (Å²) in [4.78, 5) is 0. The molecule has 1 unspecified atom stereocenters. The minimum Gasteiger partial charge on any atom is -0.493 e. The largest absolute Gasteiger partial charge is 0.493 e. The van der Waals surface area contributed by atoms with Crippen molar-refractivity contribution >= 4 is 15.9 Å². The molecule has 0 amide bonds. The first kappa shape index (κ1) is 12.7. The summed E-state index contributed by atoms with van der Waals surface area (Å²) in [5, 5.41) is 10.3. The molecule has 0 fully saturated rings. The highest BCUT2D eigenvalue weighted by Crippen LogP contribution is 2.29. The van der Waals surface area contributed by atoms with Crippen molar-refractivity contribution in [1.82, 2.24) is 0 Å². The summed E-state index contributed by atoms with van der Waals surface area (Å²) in [5.41, 5.74) is 3.30. The number of fused-ring (bicyclic) bond motifs is 1. The van der Waals surface area contributed by atoms with Crippen molar-refractivity contribution in [3.63, 3.8) is 0 Å². The summed E-state index contributed by atoms with van der Waals surface area (Å²) in [6.07, 6.45) is 1.10. The molecule has 98 valence electrons. The van der Waals surface area contributed by atoms with Crippen LogP contribution in [0.2, 0.25) is 0 Å². The molecule has 0 aliphatic carbocycles. The lowest BCUT2D eigenvalue weighted by Gasteiger charge is -2.12. The summed E-state index contributed by atoms with van der Waals surface area (Å²) in [7, 11) is 0. The van der Waals surface area contributed by atoms with Gasteiger partial charge in [-0.05, 0) is 41.0 Å². The molecule has 0 bridgehead atoms. The lowest BCUT2D eigenvalue weighted by Crippen LogP contribution is -2.02. The van der Waals surface area contributed by atoms with E-state index < -0.39 is 6.10 Å². The highest BCUT2D eigenvalue weighted by atomic mass is 79.9. The monoisotopic (exact) mass is 318 g/mol. The van der Waals surface area contributed by atoms with Crippen molar-refractivity contribution in [3.05, 3.63) is 63.6 Å². The number of benzene rings is 2. The van der Waals surface area contributed by atoms with Gasteiger partial charge in [0.2, 0.25) is 0 Å². The van der Waals surface area contributed by atoms with Crippen molar-refractivity contribution in [2.45, 2.75) is 18.9 Å². The van der Waals surface area contributed by atoms with E-state index in [9.17, 15) is 5.11 Å². The third kappa shape index (κ3) is 2.82. The van der Waals surface area contributed by atoms with E-state index in [1.807, 2.05) is 36.4 Å². The third-order valence-electron chi connectivity index (χ3n) is 3.44. The smallest absolute Gasteiger partial charge is 0.122 e. The van der Waals surface area contributed by atoms with E-state index in [-0.39, 0.29) is 0 Å². The molecular formula is C16H15BrO2. The van der Waals surface area contributed by atoms with Gasteiger partial charge in [0.15, 0.2) is 0 Å². The van der Waals surface area contributed by atoms with Crippen LogP contribution >= 0.6 is 15.9 Å². The molecule has 0 saturated carbocycles. The molecule has 0 radical (unpaired) electrons. The van der Waals surface area contributed by atoms with Gasteiger partial charge in [-0.2, -0.15) is 0 Å². The first-order valence-electron chi connectivity index (χ1n) is 6.40.